The Morgan fingerprint density at radius 2 is 2.00 bits per heavy atom. The molecule has 0 saturated heterocycles. The van der Waals surface area contributed by atoms with Gasteiger partial charge in [-0.2, -0.15) is 5.10 Å². The lowest BCUT2D eigenvalue weighted by Gasteiger charge is -2.06. The van der Waals surface area contributed by atoms with Crippen LogP contribution in [0.5, 0.6) is 0 Å². The molecule has 3 rings (SSSR count). The number of aromatic nitrogens is 4. The minimum Gasteiger partial charge on any atom is -0.342 e. The summed E-state index contributed by atoms with van der Waals surface area (Å²) in [4.78, 5) is 7.88. The van der Waals surface area contributed by atoms with Crippen molar-refractivity contribution in [1.82, 2.24) is 24.5 Å². The summed E-state index contributed by atoms with van der Waals surface area (Å²) in [6.07, 6.45) is 0.492. The lowest BCUT2D eigenvalue weighted by atomic mass is 10.3. The molecule has 0 amide bonds. The molecule has 7 nitrogen and oxygen atoms in total. The maximum Gasteiger partial charge on any atom is 0.244 e. The van der Waals surface area contributed by atoms with Crippen LogP contribution in [0.4, 0.5) is 0 Å². The Bertz CT molecular complexity index is 923. The first-order valence-electron chi connectivity index (χ1n) is 7.32. The van der Waals surface area contributed by atoms with Crippen LogP contribution >= 0.6 is 0 Å². The molecular formula is C15H19N5O2S. The van der Waals surface area contributed by atoms with Crippen LogP contribution in [0.15, 0.2) is 29.2 Å². The van der Waals surface area contributed by atoms with E-state index in [2.05, 4.69) is 19.8 Å². The van der Waals surface area contributed by atoms with E-state index in [9.17, 15) is 8.42 Å². The molecule has 0 aliphatic carbocycles. The van der Waals surface area contributed by atoms with E-state index in [0.717, 1.165) is 16.9 Å². The van der Waals surface area contributed by atoms with Crippen LogP contribution in [0, 0.1) is 13.8 Å². The molecule has 0 aliphatic rings. The number of nitrogens with zero attached hydrogens (tertiary/aromatic N) is 3. The van der Waals surface area contributed by atoms with E-state index in [-0.39, 0.29) is 11.4 Å². The number of imidazole rings is 1. The maximum absolute atomic E-state index is 12.5. The zero-order chi connectivity index (χ0) is 16.6. The van der Waals surface area contributed by atoms with Crippen molar-refractivity contribution < 1.29 is 8.42 Å². The Morgan fingerprint density at radius 1 is 1.26 bits per heavy atom. The smallest absolute Gasteiger partial charge is 0.244 e. The monoisotopic (exact) mass is 333 g/mol. The van der Waals surface area contributed by atoms with Gasteiger partial charge in [0.1, 0.15) is 10.7 Å². The average molecular weight is 333 g/mol. The van der Waals surface area contributed by atoms with Crippen LogP contribution in [0.3, 0.4) is 0 Å². The summed E-state index contributed by atoms with van der Waals surface area (Å²) in [6, 6.07) is 7.71. The molecule has 2 aromatic heterocycles. The van der Waals surface area contributed by atoms with Crippen molar-refractivity contribution in [2.45, 2.75) is 25.2 Å². The van der Waals surface area contributed by atoms with Crippen LogP contribution < -0.4 is 4.72 Å². The number of H-pyrrole nitrogens is 1. The van der Waals surface area contributed by atoms with Crippen LogP contribution in [-0.4, -0.2) is 34.7 Å². The summed E-state index contributed by atoms with van der Waals surface area (Å²) < 4.78 is 29.1. The van der Waals surface area contributed by atoms with Crippen molar-refractivity contribution >= 4 is 21.1 Å². The van der Waals surface area contributed by atoms with E-state index in [4.69, 9.17) is 0 Å². The van der Waals surface area contributed by atoms with Gasteiger partial charge in [-0.1, -0.05) is 12.1 Å². The van der Waals surface area contributed by atoms with Crippen LogP contribution in [0.2, 0.25) is 0 Å². The minimum atomic E-state index is -3.58. The summed E-state index contributed by atoms with van der Waals surface area (Å²) in [6.45, 7) is 3.71. The van der Waals surface area contributed by atoms with Gasteiger partial charge in [-0.3, -0.25) is 4.68 Å². The molecule has 0 unspecified atom stereocenters. The first-order valence-corrected chi connectivity index (χ1v) is 8.80. The minimum absolute atomic E-state index is 0.254. The van der Waals surface area contributed by atoms with Gasteiger partial charge in [0.15, 0.2) is 0 Å². The number of fused-ring (bicyclic) bond motifs is 1. The quantitative estimate of drug-likeness (QED) is 0.739. The van der Waals surface area contributed by atoms with Crippen molar-refractivity contribution in [2.24, 2.45) is 7.05 Å². The van der Waals surface area contributed by atoms with E-state index >= 15 is 0 Å². The third-order valence-electron chi connectivity index (χ3n) is 3.80. The van der Waals surface area contributed by atoms with Gasteiger partial charge in [-0.15, -0.1) is 0 Å². The van der Waals surface area contributed by atoms with Gasteiger partial charge in [0.2, 0.25) is 10.0 Å². The SMILES string of the molecule is Cc1nn(C)c(C)c1S(=O)(=O)NCCc1nc2ccccc2[nH]1. The first kappa shape index (κ1) is 15.7. The molecule has 3 aromatic rings. The number of sulfonamides is 1. The van der Waals surface area contributed by atoms with Crippen molar-refractivity contribution in [1.29, 1.82) is 0 Å². The van der Waals surface area contributed by atoms with E-state index in [0.29, 0.717) is 17.8 Å². The third-order valence-corrected chi connectivity index (χ3v) is 5.52. The second kappa shape index (κ2) is 5.78. The molecule has 0 saturated carbocycles. The van der Waals surface area contributed by atoms with Gasteiger partial charge >= 0.3 is 0 Å². The number of nitrogens with one attached hydrogen (secondary N) is 2. The van der Waals surface area contributed by atoms with Crippen LogP contribution in [0.25, 0.3) is 11.0 Å². The predicted octanol–water partition coefficient (Wildman–Crippen LogP) is 1.43. The normalized spacial score (nSPS) is 12.1. The number of rotatable bonds is 5. The number of benzene rings is 1. The van der Waals surface area contributed by atoms with Crippen molar-refractivity contribution in [3.05, 3.63) is 41.5 Å². The molecule has 0 atom stereocenters. The number of hydrogen-bond donors (Lipinski definition) is 2. The zero-order valence-corrected chi connectivity index (χ0v) is 14.1. The van der Waals surface area contributed by atoms with E-state index < -0.39 is 10.0 Å². The maximum atomic E-state index is 12.5. The van der Waals surface area contributed by atoms with Crippen molar-refractivity contribution in [3.63, 3.8) is 0 Å². The van der Waals surface area contributed by atoms with E-state index in [1.54, 1.807) is 25.6 Å². The second-order valence-corrected chi connectivity index (χ2v) is 7.18. The predicted molar refractivity (Wildman–Crippen MR) is 87.7 cm³/mol. The second-order valence-electron chi connectivity index (χ2n) is 5.47. The summed E-state index contributed by atoms with van der Waals surface area (Å²) in [5.74, 6) is 0.758. The number of aryl methyl sites for hydroxylation is 2. The molecule has 2 N–H and O–H groups in total. The number of para-hydroxylation sites is 2. The van der Waals surface area contributed by atoms with Crippen molar-refractivity contribution in [3.8, 4) is 0 Å². The Morgan fingerprint density at radius 3 is 2.65 bits per heavy atom. The Labute approximate surface area is 134 Å². The molecule has 0 fully saturated rings. The highest BCUT2D eigenvalue weighted by atomic mass is 32.2. The zero-order valence-electron chi connectivity index (χ0n) is 13.3. The summed E-state index contributed by atoms with van der Waals surface area (Å²) in [5, 5.41) is 4.15. The molecule has 8 heteroatoms. The van der Waals surface area contributed by atoms with Gasteiger partial charge in [0, 0.05) is 20.0 Å². The molecular weight excluding hydrogens is 314 g/mol. The summed E-state index contributed by atoms with van der Waals surface area (Å²) in [5.41, 5.74) is 2.95. The lowest BCUT2D eigenvalue weighted by molar-refractivity contribution is 0.579. The average Bonchev–Trinajstić information content (AvgIpc) is 2.99. The lowest BCUT2D eigenvalue weighted by Crippen LogP contribution is -2.27. The molecule has 0 aliphatic heterocycles. The molecule has 122 valence electrons. The number of aromatic amines is 1. The fourth-order valence-electron chi connectivity index (χ4n) is 2.64. The first-order chi connectivity index (χ1) is 10.9. The molecule has 1 aromatic carbocycles. The third kappa shape index (κ3) is 2.99. The van der Waals surface area contributed by atoms with E-state index in [1.165, 1.54) is 0 Å². The molecule has 0 spiro atoms. The van der Waals surface area contributed by atoms with Crippen LogP contribution in [-0.2, 0) is 23.5 Å². The Balaban J connectivity index is 1.72. The van der Waals surface area contributed by atoms with Gasteiger partial charge in [0.05, 0.1) is 22.4 Å². The molecule has 0 radical (unpaired) electrons. The highest BCUT2D eigenvalue weighted by molar-refractivity contribution is 7.89. The highest BCUT2D eigenvalue weighted by Crippen LogP contribution is 2.18. The van der Waals surface area contributed by atoms with Gasteiger partial charge in [0.25, 0.3) is 0 Å². The van der Waals surface area contributed by atoms with Gasteiger partial charge < -0.3 is 4.98 Å². The Hall–Kier alpha value is -2.19. The highest BCUT2D eigenvalue weighted by Gasteiger charge is 2.23. The standard InChI is InChI=1S/C15H19N5O2S/c1-10-15(11(2)20(3)19-10)23(21,22)16-9-8-14-17-12-6-4-5-7-13(12)18-14/h4-7,16H,8-9H2,1-3H3,(H,17,18). The van der Waals surface area contributed by atoms with Gasteiger partial charge in [-0.05, 0) is 26.0 Å². The molecule has 0 bridgehead atoms. The fraction of sp³-hybridized carbons (Fsp3) is 0.333. The summed E-state index contributed by atoms with van der Waals surface area (Å²) in [7, 11) is -1.84. The summed E-state index contributed by atoms with van der Waals surface area (Å²) >= 11 is 0. The molecule has 23 heavy (non-hydrogen) atoms. The van der Waals surface area contributed by atoms with Crippen LogP contribution in [0.1, 0.15) is 17.2 Å². The Kier molecular flexibility index (Phi) is 3.95. The van der Waals surface area contributed by atoms with Gasteiger partial charge in [-0.25, -0.2) is 18.1 Å². The molecule has 2 heterocycles. The topological polar surface area (TPSA) is 92.7 Å². The fourth-order valence-corrected chi connectivity index (χ4v) is 4.11. The van der Waals surface area contributed by atoms with E-state index in [1.807, 2.05) is 24.3 Å². The number of hydrogen-bond acceptors (Lipinski definition) is 4. The van der Waals surface area contributed by atoms with Crippen molar-refractivity contribution in [2.75, 3.05) is 6.54 Å². The largest absolute Gasteiger partial charge is 0.342 e.